The van der Waals surface area contributed by atoms with E-state index in [1.807, 2.05) is 74.5 Å². The average molecular weight is 380 g/mol. The molecule has 5 nitrogen and oxygen atoms in total. The zero-order chi connectivity index (χ0) is 20.6. The molecule has 0 saturated heterocycles. The van der Waals surface area contributed by atoms with Crippen LogP contribution in [-0.2, 0) is 9.63 Å². The quantitative estimate of drug-likeness (QED) is 0.539. The molecule has 2 aromatic rings. The van der Waals surface area contributed by atoms with Gasteiger partial charge in [0.25, 0.3) is 0 Å². The minimum Gasteiger partial charge on any atom is -0.353 e. The number of carbonyl (C=O) groups excluding carboxylic acids is 2. The summed E-state index contributed by atoms with van der Waals surface area (Å²) in [6.07, 6.45) is 0.796. The van der Waals surface area contributed by atoms with Crippen LogP contribution in [0, 0.1) is 5.92 Å². The SMILES string of the molecule is CC(C)CN(C(=O)ONC(c1ccccc1)c1ccccc1)C(C)(C)C=C=O. The van der Waals surface area contributed by atoms with Crippen LogP contribution in [0.3, 0.4) is 0 Å². The van der Waals surface area contributed by atoms with E-state index < -0.39 is 11.6 Å². The van der Waals surface area contributed by atoms with E-state index in [2.05, 4.69) is 5.48 Å². The molecular formula is C23H28N2O3. The van der Waals surface area contributed by atoms with E-state index in [1.54, 1.807) is 19.8 Å². The summed E-state index contributed by atoms with van der Waals surface area (Å²) in [5, 5.41) is 0. The van der Waals surface area contributed by atoms with Crippen molar-refractivity contribution < 1.29 is 14.4 Å². The van der Waals surface area contributed by atoms with Gasteiger partial charge in [-0.15, -0.1) is 5.48 Å². The second-order valence-corrected chi connectivity index (χ2v) is 7.66. The van der Waals surface area contributed by atoms with E-state index in [0.717, 1.165) is 11.1 Å². The first-order valence-corrected chi connectivity index (χ1v) is 9.41. The van der Waals surface area contributed by atoms with Gasteiger partial charge < -0.3 is 4.84 Å². The molecule has 0 spiro atoms. The van der Waals surface area contributed by atoms with Gasteiger partial charge in [-0.1, -0.05) is 74.5 Å². The number of nitrogens with zero attached hydrogens (tertiary/aromatic N) is 1. The summed E-state index contributed by atoms with van der Waals surface area (Å²) in [4.78, 5) is 30.8. The molecule has 0 radical (unpaired) electrons. The standard InChI is InChI=1S/C23H28N2O3/c1-18(2)17-25(23(3,4)15-16-26)22(27)28-24-21(19-11-7-5-8-12-19)20-13-9-6-10-14-20/h5-15,18,21,24H,17H2,1-4H3. The first-order chi connectivity index (χ1) is 13.3. The van der Waals surface area contributed by atoms with Gasteiger partial charge in [0.15, 0.2) is 0 Å². The number of amides is 1. The molecule has 0 heterocycles. The van der Waals surface area contributed by atoms with Crippen LogP contribution in [0.1, 0.15) is 44.9 Å². The van der Waals surface area contributed by atoms with Crippen LogP contribution in [0.2, 0.25) is 0 Å². The second kappa shape index (κ2) is 9.88. The lowest BCUT2D eigenvalue weighted by Crippen LogP contribution is -2.50. The largest absolute Gasteiger partial charge is 0.429 e. The molecule has 0 unspecified atom stereocenters. The Morgan fingerprint density at radius 2 is 1.57 bits per heavy atom. The van der Waals surface area contributed by atoms with E-state index >= 15 is 0 Å². The van der Waals surface area contributed by atoms with Crippen molar-refractivity contribution in [3.05, 3.63) is 77.9 Å². The Kier molecular flexibility index (Phi) is 7.56. The Labute approximate surface area is 167 Å². The molecule has 1 N–H and O–H groups in total. The van der Waals surface area contributed by atoms with Crippen molar-refractivity contribution in [2.75, 3.05) is 6.54 Å². The fourth-order valence-corrected chi connectivity index (χ4v) is 2.92. The number of rotatable bonds is 8. The molecule has 0 bridgehead atoms. The maximum atomic E-state index is 12.9. The highest BCUT2D eigenvalue weighted by atomic mass is 16.7. The number of hydrogen-bond donors (Lipinski definition) is 1. The molecule has 1 amide bonds. The molecule has 0 aliphatic rings. The molecule has 2 rings (SSSR count). The third-order valence-electron chi connectivity index (χ3n) is 4.41. The third kappa shape index (κ3) is 5.81. The van der Waals surface area contributed by atoms with Gasteiger partial charge in [0.1, 0.15) is 5.94 Å². The van der Waals surface area contributed by atoms with Crippen molar-refractivity contribution in [3.8, 4) is 0 Å². The van der Waals surface area contributed by atoms with Gasteiger partial charge in [-0.25, -0.2) is 9.59 Å². The predicted octanol–water partition coefficient (Wildman–Crippen LogP) is 4.54. The maximum Gasteiger partial charge on any atom is 0.429 e. The first kappa shape index (κ1) is 21.4. The van der Waals surface area contributed by atoms with Gasteiger partial charge in [0, 0.05) is 12.6 Å². The molecule has 5 heteroatoms. The van der Waals surface area contributed by atoms with Crippen LogP contribution in [0.15, 0.2) is 66.7 Å². The number of nitrogens with one attached hydrogen (secondary N) is 1. The van der Waals surface area contributed by atoms with Gasteiger partial charge >= 0.3 is 6.09 Å². The van der Waals surface area contributed by atoms with E-state index in [1.165, 1.54) is 11.0 Å². The number of hydroxylamine groups is 1. The highest BCUT2D eigenvalue weighted by molar-refractivity contribution is 5.69. The molecule has 28 heavy (non-hydrogen) atoms. The van der Waals surface area contributed by atoms with Gasteiger partial charge in [0.05, 0.1) is 11.6 Å². The fourth-order valence-electron chi connectivity index (χ4n) is 2.92. The summed E-state index contributed by atoms with van der Waals surface area (Å²) in [5.41, 5.74) is 4.06. The first-order valence-electron chi connectivity index (χ1n) is 9.41. The minimum absolute atomic E-state index is 0.214. The van der Waals surface area contributed by atoms with Gasteiger partial charge in [-0.3, -0.25) is 4.90 Å². The summed E-state index contributed by atoms with van der Waals surface area (Å²) in [5.74, 6) is 2.00. The molecule has 0 saturated carbocycles. The van der Waals surface area contributed by atoms with Crippen LogP contribution in [0.25, 0.3) is 0 Å². The fraction of sp³-hybridized carbons (Fsp3) is 0.348. The molecular weight excluding hydrogens is 352 g/mol. The Morgan fingerprint density at radius 3 is 2.00 bits per heavy atom. The van der Waals surface area contributed by atoms with Crippen molar-refractivity contribution in [1.29, 1.82) is 0 Å². The maximum absolute atomic E-state index is 12.9. The monoisotopic (exact) mass is 380 g/mol. The Morgan fingerprint density at radius 1 is 1.07 bits per heavy atom. The van der Waals surface area contributed by atoms with E-state index in [-0.39, 0.29) is 12.0 Å². The van der Waals surface area contributed by atoms with Gasteiger partial charge in [-0.2, -0.15) is 0 Å². The molecule has 0 aromatic heterocycles. The van der Waals surface area contributed by atoms with Crippen molar-refractivity contribution in [2.24, 2.45) is 5.92 Å². The normalized spacial score (nSPS) is 11.2. The molecule has 0 atom stereocenters. The Hall–Kier alpha value is -2.88. The summed E-state index contributed by atoms with van der Waals surface area (Å²) < 4.78 is 0. The second-order valence-electron chi connectivity index (χ2n) is 7.66. The summed E-state index contributed by atoms with van der Waals surface area (Å²) in [7, 11) is 0. The Bertz CT molecular complexity index is 758. The minimum atomic E-state index is -0.806. The summed E-state index contributed by atoms with van der Waals surface area (Å²) in [6.45, 7) is 8.03. The number of benzene rings is 2. The lowest BCUT2D eigenvalue weighted by atomic mass is 10.00. The zero-order valence-corrected chi connectivity index (χ0v) is 16.9. The van der Waals surface area contributed by atoms with Gasteiger partial charge in [-0.05, 0) is 30.9 Å². The molecule has 2 aromatic carbocycles. The topological polar surface area (TPSA) is 58.6 Å². The average Bonchev–Trinajstić information content (AvgIpc) is 2.67. The van der Waals surface area contributed by atoms with Crippen LogP contribution in [0.4, 0.5) is 4.79 Å². The lowest BCUT2D eigenvalue weighted by molar-refractivity contribution is 0.0234. The summed E-state index contributed by atoms with van der Waals surface area (Å²) >= 11 is 0. The number of hydrogen-bond acceptors (Lipinski definition) is 4. The van der Waals surface area contributed by atoms with Crippen LogP contribution in [-0.4, -0.2) is 29.0 Å². The lowest BCUT2D eigenvalue weighted by Gasteiger charge is -2.36. The smallest absolute Gasteiger partial charge is 0.353 e. The van der Waals surface area contributed by atoms with E-state index in [4.69, 9.17) is 4.84 Å². The highest BCUT2D eigenvalue weighted by Crippen LogP contribution is 2.23. The Balaban J connectivity index is 2.23. The molecule has 0 aliphatic carbocycles. The summed E-state index contributed by atoms with van der Waals surface area (Å²) in [6, 6.07) is 19.2. The highest BCUT2D eigenvalue weighted by Gasteiger charge is 2.32. The van der Waals surface area contributed by atoms with Crippen molar-refractivity contribution in [1.82, 2.24) is 10.4 Å². The van der Waals surface area contributed by atoms with Crippen LogP contribution >= 0.6 is 0 Å². The third-order valence-corrected chi connectivity index (χ3v) is 4.41. The van der Waals surface area contributed by atoms with Crippen molar-refractivity contribution in [2.45, 2.75) is 39.3 Å². The van der Waals surface area contributed by atoms with E-state index in [0.29, 0.717) is 6.54 Å². The van der Waals surface area contributed by atoms with E-state index in [9.17, 15) is 9.59 Å². The zero-order valence-electron chi connectivity index (χ0n) is 16.9. The van der Waals surface area contributed by atoms with Crippen LogP contribution in [0.5, 0.6) is 0 Å². The van der Waals surface area contributed by atoms with Gasteiger partial charge in [0.2, 0.25) is 0 Å². The van der Waals surface area contributed by atoms with Crippen LogP contribution < -0.4 is 5.48 Å². The predicted molar refractivity (Wildman–Crippen MR) is 110 cm³/mol. The molecule has 0 aliphatic heterocycles. The molecule has 148 valence electrons. The number of carbonyl (C=O) groups is 1. The van der Waals surface area contributed by atoms with Crippen molar-refractivity contribution >= 4 is 12.0 Å². The van der Waals surface area contributed by atoms with Crippen molar-refractivity contribution in [3.63, 3.8) is 0 Å². The molecule has 0 fully saturated rings.